The molecule has 0 bridgehead atoms. The lowest BCUT2D eigenvalue weighted by molar-refractivity contribution is 0.100. The molecule has 0 atom stereocenters. The van der Waals surface area contributed by atoms with Gasteiger partial charge in [-0.05, 0) is 31.2 Å². The van der Waals surface area contributed by atoms with Crippen LogP contribution in [0.4, 0.5) is 5.69 Å². The maximum absolute atomic E-state index is 11.0. The summed E-state index contributed by atoms with van der Waals surface area (Å²) in [5.74, 6) is 0.342. The van der Waals surface area contributed by atoms with Crippen molar-refractivity contribution >= 4 is 34.5 Å². The standard InChI is InChI=1S/C14H15ClN2O2S/c1-2-19-13-4-3-10(15)6-12(13)17-7-11-5-9(8-20-11)14(16)18/h3-6,8,17H,2,7H2,1H3,(H2,16,18). The van der Waals surface area contributed by atoms with Gasteiger partial charge in [0.15, 0.2) is 0 Å². The zero-order valence-electron chi connectivity index (χ0n) is 11.0. The SMILES string of the molecule is CCOc1ccc(Cl)cc1NCc1cc(C(N)=O)cs1. The molecule has 0 radical (unpaired) electrons. The van der Waals surface area contributed by atoms with Gasteiger partial charge in [0, 0.05) is 21.8 Å². The molecule has 0 fully saturated rings. The third-order valence-electron chi connectivity index (χ3n) is 2.63. The molecule has 0 aliphatic heterocycles. The number of halogens is 1. The number of amides is 1. The Bertz CT molecular complexity index is 613. The summed E-state index contributed by atoms with van der Waals surface area (Å²) in [6, 6.07) is 7.21. The van der Waals surface area contributed by atoms with E-state index in [4.69, 9.17) is 22.1 Å². The first-order chi connectivity index (χ1) is 9.60. The fourth-order valence-electron chi connectivity index (χ4n) is 1.71. The van der Waals surface area contributed by atoms with E-state index in [2.05, 4.69) is 5.32 Å². The number of nitrogens with one attached hydrogen (secondary N) is 1. The Morgan fingerprint density at radius 2 is 2.25 bits per heavy atom. The van der Waals surface area contributed by atoms with Crippen molar-refractivity contribution in [2.75, 3.05) is 11.9 Å². The fourth-order valence-corrected chi connectivity index (χ4v) is 2.69. The second kappa shape index (κ2) is 6.63. The maximum Gasteiger partial charge on any atom is 0.249 e. The molecule has 4 nitrogen and oxygen atoms in total. The first-order valence-corrected chi connectivity index (χ1v) is 7.39. The minimum atomic E-state index is -0.412. The Kier molecular flexibility index (Phi) is 4.87. The van der Waals surface area contributed by atoms with Crippen LogP contribution in [0.1, 0.15) is 22.2 Å². The number of carbonyl (C=O) groups is 1. The highest BCUT2D eigenvalue weighted by Gasteiger charge is 2.07. The van der Waals surface area contributed by atoms with Gasteiger partial charge in [0.25, 0.3) is 0 Å². The lowest BCUT2D eigenvalue weighted by Crippen LogP contribution is -2.09. The fraction of sp³-hybridized carbons (Fsp3) is 0.214. The zero-order chi connectivity index (χ0) is 14.5. The molecule has 0 saturated carbocycles. The van der Waals surface area contributed by atoms with E-state index in [9.17, 15) is 4.79 Å². The predicted molar refractivity (Wildman–Crippen MR) is 82.8 cm³/mol. The highest BCUT2D eigenvalue weighted by atomic mass is 35.5. The van der Waals surface area contributed by atoms with Crippen LogP contribution >= 0.6 is 22.9 Å². The van der Waals surface area contributed by atoms with Crippen LogP contribution in [0, 0.1) is 0 Å². The van der Waals surface area contributed by atoms with Crippen LogP contribution in [0.15, 0.2) is 29.6 Å². The molecule has 1 aromatic carbocycles. The van der Waals surface area contributed by atoms with E-state index in [1.807, 2.05) is 19.1 Å². The summed E-state index contributed by atoms with van der Waals surface area (Å²) in [5.41, 5.74) is 6.59. The third-order valence-corrected chi connectivity index (χ3v) is 3.80. The van der Waals surface area contributed by atoms with Gasteiger partial charge in [0.05, 0.1) is 17.9 Å². The van der Waals surface area contributed by atoms with Gasteiger partial charge in [-0.15, -0.1) is 11.3 Å². The predicted octanol–water partition coefficient (Wildman–Crippen LogP) is 3.51. The molecule has 1 amide bonds. The maximum atomic E-state index is 11.0. The summed E-state index contributed by atoms with van der Waals surface area (Å²) < 4.78 is 5.53. The lowest BCUT2D eigenvalue weighted by Gasteiger charge is -2.12. The molecular formula is C14H15ClN2O2S. The van der Waals surface area contributed by atoms with Gasteiger partial charge < -0.3 is 15.8 Å². The molecule has 0 spiro atoms. The van der Waals surface area contributed by atoms with Crippen molar-refractivity contribution in [3.8, 4) is 5.75 Å². The number of thiophene rings is 1. The van der Waals surface area contributed by atoms with Crippen molar-refractivity contribution in [1.29, 1.82) is 0 Å². The number of benzene rings is 1. The Labute approximate surface area is 126 Å². The van der Waals surface area contributed by atoms with Gasteiger partial charge in [-0.2, -0.15) is 0 Å². The summed E-state index contributed by atoms with van der Waals surface area (Å²) in [7, 11) is 0. The van der Waals surface area contributed by atoms with Crippen molar-refractivity contribution in [2.24, 2.45) is 5.73 Å². The van der Waals surface area contributed by atoms with Crippen LogP contribution in [0.3, 0.4) is 0 Å². The van der Waals surface area contributed by atoms with Crippen molar-refractivity contribution in [3.63, 3.8) is 0 Å². The Balaban J connectivity index is 2.09. The number of rotatable bonds is 6. The molecule has 20 heavy (non-hydrogen) atoms. The van der Waals surface area contributed by atoms with Gasteiger partial charge in [0.1, 0.15) is 5.75 Å². The van der Waals surface area contributed by atoms with Gasteiger partial charge in [-0.1, -0.05) is 11.6 Å². The monoisotopic (exact) mass is 310 g/mol. The van der Waals surface area contributed by atoms with E-state index < -0.39 is 5.91 Å². The molecule has 1 heterocycles. The smallest absolute Gasteiger partial charge is 0.249 e. The largest absolute Gasteiger partial charge is 0.492 e. The van der Waals surface area contributed by atoms with Crippen molar-refractivity contribution in [2.45, 2.75) is 13.5 Å². The Morgan fingerprint density at radius 3 is 2.90 bits per heavy atom. The lowest BCUT2D eigenvalue weighted by atomic mass is 10.2. The number of primary amides is 1. The van der Waals surface area contributed by atoms with Gasteiger partial charge >= 0.3 is 0 Å². The van der Waals surface area contributed by atoms with Crippen molar-refractivity contribution in [1.82, 2.24) is 0 Å². The van der Waals surface area contributed by atoms with E-state index in [0.29, 0.717) is 23.7 Å². The first kappa shape index (κ1) is 14.7. The molecule has 106 valence electrons. The Hall–Kier alpha value is -1.72. The van der Waals surface area contributed by atoms with Crippen molar-refractivity contribution in [3.05, 3.63) is 45.1 Å². The van der Waals surface area contributed by atoms with E-state index in [1.165, 1.54) is 11.3 Å². The summed E-state index contributed by atoms with van der Waals surface area (Å²) in [5, 5.41) is 5.65. The number of anilines is 1. The summed E-state index contributed by atoms with van der Waals surface area (Å²) >= 11 is 7.47. The van der Waals surface area contributed by atoms with E-state index in [1.54, 1.807) is 17.5 Å². The average Bonchev–Trinajstić information content (AvgIpc) is 2.88. The molecular weight excluding hydrogens is 296 g/mol. The van der Waals surface area contributed by atoms with E-state index in [-0.39, 0.29) is 0 Å². The van der Waals surface area contributed by atoms with Crippen LogP contribution in [-0.2, 0) is 6.54 Å². The number of carbonyl (C=O) groups excluding carboxylic acids is 1. The van der Waals surface area contributed by atoms with Crippen molar-refractivity contribution < 1.29 is 9.53 Å². The van der Waals surface area contributed by atoms with Gasteiger partial charge in [-0.25, -0.2) is 0 Å². The van der Waals surface area contributed by atoms with Crippen LogP contribution in [-0.4, -0.2) is 12.5 Å². The highest BCUT2D eigenvalue weighted by molar-refractivity contribution is 7.10. The molecule has 2 aromatic rings. The second-order valence-electron chi connectivity index (χ2n) is 4.09. The number of hydrogen-bond acceptors (Lipinski definition) is 4. The van der Waals surface area contributed by atoms with Crippen LogP contribution < -0.4 is 15.8 Å². The molecule has 2 rings (SSSR count). The van der Waals surface area contributed by atoms with Gasteiger partial charge in [0.2, 0.25) is 5.91 Å². The molecule has 0 aliphatic rings. The quantitative estimate of drug-likeness (QED) is 0.858. The highest BCUT2D eigenvalue weighted by Crippen LogP contribution is 2.29. The molecule has 0 saturated heterocycles. The van der Waals surface area contributed by atoms with Crippen LogP contribution in [0.25, 0.3) is 0 Å². The van der Waals surface area contributed by atoms with E-state index >= 15 is 0 Å². The first-order valence-electron chi connectivity index (χ1n) is 6.13. The zero-order valence-corrected chi connectivity index (χ0v) is 12.6. The molecule has 0 aliphatic carbocycles. The number of ether oxygens (including phenoxy) is 1. The summed E-state index contributed by atoms with van der Waals surface area (Å²) in [6.45, 7) is 3.09. The van der Waals surface area contributed by atoms with Gasteiger partial charge in [-0.3, -0.25) is 4.79 Å². The average molecular weight is 311 g/mol. The number of nitrogens with two attached hydrogens (primary N) is 1. The minimum absolute atomic E-state index is 0.412. The molecule has 0 unspecified atom stereocenters. The molecule has 6 heteroatoms. The topological polar surface area (TPSA) is 64.3 Å². The molecule has 1 aromatic heterocycles. The second-order valence-corrected chi connectivity index (χ2v) is 5.53. The third kappa shape index (κ3) is 3.65. The summed E-state index contributed by atoms with van der Waals surface area (Å²) in [4.78, 5) is 12.1. The minimum Gasteiger partial charge on any atom is -0.492 e. The Morgan fingerprint density at radius 1 is 1.45 bits per heavy atom. The summed E-state index contributed by atoms with van der Waals surface area (Å²) in [6.07, 6.45) is 0. The van der Waals surface area contributed by atoms with Crippen LogP contribution in [0.2, 0.25) is 5.02 Å². The molecule has 3 N–H and O–H groups in total. The van der Waals surface area contributed by atoms with Crippen LogP contribution in [0.5, 0.6) is 5.75 Å². The van der Waals surface area contributed by atoms with E-state index in [0.717, 1.165) is 16.3 Å². The number of hydrogen-bond donors (Lipinski definition) is 2. The normalized spacial score (nSPS) is 10.3.